The first kappa shape index (κ1) is 43.5. The molecule has 8 rings (SSSR count). The van der Waals surface area contributed by atoms with Crippen LogP contribution in [-0.2, 0) is 16.9 Å². The van der Waals surface area contributed by atoms with Gasteiger partial charge in [-0.3, -0.25) is 14.8 Å². The molecule has 63 heavy (non-hydrogen) atoms. The molecule has 12 nitrogen and oxygen atoms in total. The third-order valence-electron chi connectivity index (χ3n) is 12.6. The third kappa shape index (κ3) is 9.47. The number of hydrogen-bond acceptors (Lipinski definition) is 11. The Labute approximate surface area is 371 Å². The summed E-state index contributed by atoms with van der Waals surface area (Å²) >= 11 is 0. The highest BCUT2D eigenvalue weighted by atomic mass is 16.5. The molecular weight excluding hydrogens is 795 g/mol. The molecule has 12 heteroatoms. The summed E-state index contributed by atoms with van der Waals surface area (Å²) in [5, 5.41) is 3.33. The maximum Gasteiger partial charge on any atom is 0.260 e. The van der Waals surface area contributed by atoms with Gasteiger partial charge in [0.1, 0.15) is 5.75 Å². The normalized spacial score (nSPS) is 17.8. The predicted octanol–water partition coefficient (Wildman–Crippen LogP) is 9.50. The molecule has 0 spiro atoms. The van der Waals surface area contributed by atoms with E-state index in [2.05, 4.69) is 80.5 Å². The molecular formula is C51H59N5O7. The molecule has 0 aromatic heterocycles. The molecule has 0 unspecified atom stereocenters. The molecule has 4 aliphatic rings. The first-order chi connectivity index (χ1) is 30.4. The number of nitrogens with one attached hydrogen (secondary N) is 1. The van der Waals surface area contributed by atoms with Crippen molar-refractivity contribution in [3.63, 3.8) is 0 Å². The molecule has 0 radical (unpaired) electrons. The Bertz CT molecular complexity index is 2440. The molecule has 0 aliphatic carbocycles. The maximum absolute atomic E-state index is 14.0. The summed E-state index contributed by atoms with van der Waals surface area (Å²) in [7, 11) is 6.88. The lowest BCUT2D eigenvalue weighted by molar-refractivity contribution is -0.0291. The second-order valence-electron chi connectivity index (χ2n) is 17.5. The summed E-state index contributed by atoms with van der Waals surface area (Å²) in [5.41, 5.74) is 8.22. The molecule has 4 aliphatic heterocycles. The van der Waals surface area contributed by atoms with Gasteiger partial charge in [0, 0.05) is 74.1 Å². The van der Waals surface area contributed by atoms with Crippen molar-refractivity contribution >= 4 is 40.9 Å². The molecule has 1 N–H and O–H groups in total. The predicted molar refractivity (Wildman–Crippen MR) is 249 cm³/mol. The minimum absolute atomic E-state index is 0.0128. The van der Waals surface area contributed by atoms with Crippen molar-refractivity contribution in [2.45, 2.75) is 83.1 Å². The minimum Gasteiger partial charge on any atom is -0.497 e. The van der Waals surface area contributed by atoms with Crippen molar-refractivity contribution in [2.75, 3.05) is 48.2 Å². The Balaban J connectivity index is 0.865. The van der Waals surface area contributed by atoms with Gasteiger partial charge in [-0.25, -0.2) is 0 Å². The van der Waals surface area contributed by atoms with Crippen LogP contribution in [0.5, 0.6) is 28.7 Å². The number of benzene rings is 4. The van der Waals surface area contributed by atoms with Gasteiger partial charge in [0.15, 0.2) is 23.0 Å². The van der Waals surface area contributed by atoms with E-state index in [1.807, 2.05) is 49.9 Å². The Kier molecular flexibility index (Phi) is 12.7. The standard InChI is InChI=1S/C51H59N5O7/c1-50(2,52-5)18-21-63-51(3,4)38-14-10-33(11-15-38)36-23-40-29-54-44-27-48(46(60-8)25-42(44)49(57)56(40)32-36)62-20-9-19-61-47-26-43-37(24-45(47)59-7)31-55-30-35(22-39(55)28-53-43)34-12-16-41(58-6)17-13-34/h10-17,24-30,32,39-40,52H,9,18-23,31H2,1-8H3/t39-,40-/m0/s1. The van der Waals surface area contributed by atoms with Crippen molar-refractivity contribution in [1.29, 1.82) is 0 Å². The number of hydrogen-bond donors (Lipinski definition) is 1. The van der Waals surface area contributed by atoms with Crippen molar-refractivity contribution in [1.82, 2.24) is 15.1 Å². The lowest BCUT2D eigenvalue weighted by Gasteiger charge is -2.30. The van der Waals surface area contributed by atoms with Crippen LogP contribution in [0.2, 0.25) is 0 Å². The van der Waals surface area contributed by atoms with Gasteiger partial charge < -0.3 is 43.5 Å². The number of ether oxygens (including phenoxy) is 6. The van der Waals surface area contributed by atoms with Crippen LogP contribution in [0.25, 0.3) is 11.1 Å². The lowest BCUT2D eigenvalue weighted by atomic mass is 9.94. The smallest absolute Gasteiger partial charge is 0.260 e. The zero-order valence-corrected chi connectivity index (χ0v) is 37.7. The molecule has 4 aromatic rings. The second-order valence-corrected chi connectivity index (χ2v) is 17.5. The first-order valence-electron chi connectivity index (χ1n) is 21.7. The fourth-order valence-corrected chi connectivity index (χ4v) is 8.31. The van der Waals surface area contributed by atoms with Gasteiger partial charge >= 0.3 is 0 Å². The van der Waals surface area contributed by atoms with Gasteiger partial charge in [-0.1, -0.05) is 36.4 Å². The van der Waals surface area contributed by atoms with E-state index in [9.17, 15) is 4.79 Å². The molecule has 0 saturated carbocycles. The van der Waals surface area contributed by atoms with Gasteiger partial charge in [0.25, 0.3) is 5.91 Å². The van der Waals surface area contributed by atoms with Gasteiger partial charge in [-0.2, -0.15) is 0 Å². The summed E-state index contributed by atoms with van der Waals surface area (Å²) in [6.07, 6.45) is 11.1. The van der Waals surface area contributed by atoms with E-state index < -0.39 is 5.60 Å². The molecule has 0 saturated heterocycles. The topological polar surface area (TPSA) is 116 Å². The van der Waals surface area contributed by atoms with Crippen LogP contribution in [0.15, 0.2) is 95.2 Å². The van der Waals surface area contributed by atoms with Gasteiger partial charge in [0.05, 0.1) is 69.2 Å². The van der Waals surface area contributed by atoms with Crippen LogP contribution in [0.1, 0.15) is 86.0 Å². The highest BCUT2D eigenvalue weighted by Gasteiger charge is 2.34. The van der Waals surface area contributed by atoms with E-state index in [-0.39, 0.29) is 23.5 Å². The number of methoxy groups -OCH3 is 3. The van der Waals surface area contributed by atoms with E-state index in [4.69, 9.17) is 38.4 Å². The van der Waals surface area contributed by atoms with E-state index in [0.717, 1.165) is 46.5 Å². The Morgan fingerprint density at radius 1 is 0.698 bits per heavy atom. The molecule has 4 aromatic carbocycles. The SMILES string of the molecule is CNC(C)(C)CCOC(C)(C)c1ccc(C2=CN3C(=O)c4cc(OC)c(OCCCOc5cc6c(cc5OC)CN5C=C(c7ccc(OC)cc7)C[C@H]5C=N6)cc4N=C[C@@H]3C2)cc1. The first-order valence-corrected chi connectivity index (χ1v) is 21.7. The molecule has 0 bridgehead atoms. The summed E-state index contributed by atoms with van der Waals surface area (Å²) in [4.78, 5) is 27.8. The molecule has 1 amide bonds. The van der Waals surface area contributed by atoms with Crippen LogP contribution >= 0.6 is 0 Å². The number of carbonyl (C=O) groups is 1. The average molecular weight is 854 g/mol. The van der Waals surface area contributed by atoms with E-state index >= 15 is 0 Å². The summed E-state index contributed by atoms with van der Waals surface area (Å²) in [5.74, 6) is 2.97. The summed E-state index contributed by atoms with van der Waals surface area (Å²) < 4.78 is 35.6. The van der Waals surface area contributed by atoms with Crippen LogP contribution in [0.3, 0.4) is 0 Å². The van der Waals surface area contributed by atoms with Gasteiger partial charge in [-0.05, 0) is 99.7 Å². The van der Waals surface area contributed by atoms with Gasteiger partial charge in [-0.15, -0.1) is 0 Å². The molecule has 0 fully saturated rings. The van der Waals surface area contributed by atoms with Crippen LogP contribution in [0, 0.1) is 0 Å². The number of amides is 1. The fourth-order valence-electron chi connectivity index (χ4n) is 8.31. The zero-order chi connectivity index (χ0) is 44.3. The largest absolute Gasteiger partial charge is 0.497 e. The highest BCUT2D eigenvalue weighted by Crippen LogP contribution is 2.42. The number of rotatable bonds is 17. The number of aliphatic imine (C=N–C) groups is 2. The van der Waals surface area contributed by atoms with Crippen LogP contribution < -0.4 is 29.0 Å². The summed E-state index contributed by atoms with van der Waals surface area (Å²) in [6, 6.07) is 24.1. The molecule has 4 heterocycles. The minimum atomic E-state index is -0.432. The van der Waals surface area contributed by atoms with Crippen LogP contribution in [-0.4, -0.2) is 94.0 Å². The molecule has 2 atom stereocenters. The van der Waals surface area contributed by atoms with Crippen molar-refractivity contribution in [3.8, 4) is 28.7 Å². The van der Waals surface area contributed by atoms with Gasteiger partial charge in [0.2, 0.25) is 0 Å². The fraction of sp³-hybridized carbons (Fsp3) is 0.392. The van der Waals surface area contributed by atoms with Crippen molar-refractivity contribution in [2.24, 2.45) is 9.98 Å². The van der Waals surface area contributed by atoms with E-state index in [1.165, 1.54) is 11.1 Å². The summed E-state index contributed by atoms with van der Waals surface area (Å²) in [6.45, 7) is 10.7. The second kappa shape index (κ2) is 18.3. The number of carbonyl (C=O) groups excluding carboxylic acids is 1. The third-order valence-corrected chi connectivity index (χ3v) is 12.6. The monoisotopic (exact) mass is 853 g/mol. The Morgan fingerprint density at radius 2 is 1.30 bits per heavy atom. The van der Waals surface area contributed by atoms with E-state index in [1.54, 1.807) is 38.4 Å². The lowest BCUT2D eigenvalue weighted by Crippen LogP contribution is -2.38. The Hall–Kier alpha value is -6.11. The van der Waals surface area contributed by atoms with Crippen LogP contribution in [0.4, 0.5) is 11.4 Å². The van der Waals surface area contributed by atoms with Crippen molar-refractivity contribution < 1.29 is 33.2 Å². The van der Waals surface area contributed by atoms with Crippen molar-refractivity contribution in [3.05, 3.63) is 113 Å². The van der Waals surface area contributed by atoms with E-state index in [0.29, 0.717) is 73.5 Å². The number of fused-ring (bicyclic) bond motifs is 4. The highest BCUT2D eigenvalue weighted by molar-refractivity contribution is 6.05. The average Bonchev–Trinajstić information content (AvgIpc) is 3.84. The molecule has 330 valence electrons. The number of nitrogens with zero attached hydrogens (tertiary/aromatic N) is 4. The quantitative estimate of drug-likeness (QED) is 0.104. The Morgan fingerprint density at radius 3 is 1.97 bits per heavy atom. The maximum atomic E-state index is 14.0. The zero-order valence-electron chi connectivity index (χ0n) is 37.7.